The fraction of sp³-hybridized carbons (Fsp3) is 0.261. The second kappa shape index (κ2) is 8.41. The Hall–Kier alpha value is -3.61. The van der Waals surface area contributed by atoms with Crippen LogP contribution in [0.4, 0.5) is 4.79 Å². The molecule has 0 aliphatic carbocycles. The van der Waals surface area contributed by atoms with Gasteiger partial charge >= 0.3 is 6.03 Å². The van der Waals surface area contributed by atoms with Gasteiger partial charge in [-0.1, -0.05) is 48.5 Å². The topological polar surface area (TPSA) is 85.5 Å². The molecule has 1 aliphatic rings. The van der Waals surface area contributed by atoms with Crippen molar-refractivity contribution in [3.05, 3.63) is 71.9 Å². The number of aromatic amines is 1. The van der Waals surface area contributed by atoms with E-state index in [1.807, 2.05) is 60.8 Å². The van der Waals surface area contributed by atoms with Crippen LogP contribution in [0.2, 0.25) is 0 Å². The Bertz CT molecular complexity index is 1080. The Morgan fingerprint density at radius 2 is 1.80 bits per heavy atom. The van der Waals surface area contributed by atoms with Crippen molar-refractivity contribution >= 4 is 28.7 Å². The lowest BCUT2D eigenvalue weighted by molar-refractivity contribution is -0.135. The van der Waals surface area contributed by atoms with Crippen molar-refractivity contribution in [2.45, 2.75) is 25.4 Å². The third kappa shape index (κ3) is 4.05. The maximum Gasteiger partial charge on any atom is 0.324 e. The lowest BCUT2D eigenvalue weighted by Gasteiger charge is -2.19. The molecule has 7 heteroatoms. The van der Waals surface area contributed by atoms with Crippen LogP contribution < -0.4 is 5.32 Å². The minimum absolute atomic E-state index is 0.0442. The standard InChI is InChI=1S/C23H24N4O3/c1-26(15-16-7-3-2-4-8-16)21(28)13-20-22(29)27(23(30)25-20)12-11-17-14-24-19-10-6-5-9-18(17)19/h2-10,14,20,24H,11-13,15H2,1H3,(H,25,30). The third-order valence-corrected chi connectivity index (χ3v) is 5.45. The summed E-state index contributed by atoms with van der Waals surface area (Å²) in [6.07, 6.45) is 2.41. The second-order valence-electron chi connectivity index (χ2n) is 7.54. The number of hydrogen-bond donors (Lipinski definition) is 2. The van der Waals surface area contributed by atoms with E-state index in [-0.39, 0.29) is 24.8 Å². The molecule has 2 aromatic carbocycles. The molecule has 1 atom stereocenters. The van der Waals surface area contributed by atoms with E-state index in [4.69, 9.17) is 0 Å². The van der Waals surface area contributed by atoms with Crippen LogP contribution in [-0.2, 0) is 22.6 Å². The number of hydrogen-bond acceptors (Lipinski definition) is 3. The van der Waals surface area contributed by atoms with Gasteiger partial charge in [-0.15, -0.1) is 0 Å². The zero-order valence-corrected chi connectivity index (χ0v) is 16.8. The van der Waals surface area contributed by atoms with E-state index in [0.29, 0.717) is 13.0 Å². The maximum absolute atomic E-state index is 12.7. The number of urea groups is 1. The molecule has 30 heavy (non-hydrogen) atoms. The number of para-hydroxylation sites is 1. The molecule has 0 bridgehead atoms. The number of nitrogens with one attached hydrogen (secondary N) is 2. The van der Waals surface area contributed by atoms with Crippen molar-refractivity contribution in [2.24, 2.45) is 0 Å². The number of H-pyrrole nitrogens is 1. The van der Waals surface area contributed by atoms with Gasteiger partial charge in [0.2, 0.25) is 5.91 Å². The molecule has 1 aliphatic heterocycles. The molecule has 0 saturated carbocycles. The van der Waals surface area contributed by atoms with Crippen LogP contribution in [0.25, 0.3) is 10.9 Å². The summed E-state index contributed by atoms with van der Waals surface area (Å²) in [6.45, 7) is 0.732. The van der Waals surface area contributed by atoms with E-state index in [1.165, 1.54) is 4.90 Å². The van der Waals surface area contributed by atoms with Gasteiger partial charge in [0, 0.05) is 37.2 Å². The summed E-state index contributed by atoms with van der Waals surface area (Å²) in [6, 6.07) is 16.3. The fourth-order valence-electron chi connectivity index (χ4n) is 3.77. The minimum Gasteiger partial charge on any atom is -0.361 e. The lowest BCUT2D eigenvalue weighted by Crippen LogP contribution is -2.37. The van der Waals surface area contributed by atoms with Crippen molar-refractivity contribution in [3.8, 4) is 0 Å². The fourth-order valence-corrected chi connectivity index (χ4v) is 3.77. The average Bonchev–Trinajstić information content (AvgIpc) is 3.28. The van der Waals surface area contributed by atoms with Gasteiger partial charge in [0.25, 0.3) is 5.91 Å². The quantitative estimate of drug-likeness (QED) is 0.594. The van der Waals surface area contributed by atoms with E-state index in [9.17, 15) is 14.4 Å². The number of fused-ring (bicyclic) bond motifs is 1. The average molecular weight is 404 g/mol. The van der Waals surface area contributed by atoms with E-state index in [2.05, 4.69) is 10.3 Å². The van der Waals surface area contributed by atoms with E-state index < -0.39 is 12.1 Å². The summed E-state index contributed by atoms with van der Waals surface area (Å²) in [5, 5.41) is 3.74. The number of carbonyl (C=O) groups is 3. The largest absolute Gasteiger partial charge is 0.361 e. The second-order valence-corrected chi connectivity index (χ2v) is 7.54. The van der Waals surface area contributed by atoms with Gasteiger partial charge in [-0.2, -0.15) is 0 Å². The van der Waals surface area contributed by atoms with E-state index in [1.54, 1.807) is 11.9 Å². The highest BCUT2D eigenvalue weighted by atomic mass is 16.2. The van der Waals surface area contributed by atoms with Gasteiger partial charge in [0.05, 0.1) is 6.42 Å². The van der Waals surface area contributed by atoms with Crippen molar-refractivity contribution < 1.29 is 14.4 Å². The van der Waals surface area contributed by atoms with Crippen molar-refractivity contribution in [1.29, 1.82) is 0 Å². The van der Waals surface area contributed by atoms with Crippen molar-refractivity contribution in [2.75, 3.05) is 13.6 Å². The summed E-state index contributed by atoms with van der Waals surface area (Å²) in [5.74, 6) is -0.530. The zero-order chi connectivity index (χ0) is 21.1. The Kier molecular flexibility index (Phi) is 5.52. The minimum atomic E-state index is -0.814. The molecule has 3 aromatic rings. The highest BCUT2D eigenvalue weighted by Crippen LogP contribution is 2.19. The molecule has 1 saturated heterocycles. The first-order valence-electron chi connectivity index (χ1n) is 9.97. The van der Waals surface area contributed by atoms with Gasteiger partial charge in [0.15, 0.2) is 0 Å². The van der Waals surface area contributed by atoms with Crippen LogP contribution in [-0.4, -0.2) is 52.3 Å². The number of aromatic nitrogens is 1. The number of carbonyl (C=O) groups excluding carboxylic acids is 3. The number of amides is 4. The number of benzene rings is 2. The summed E-state index contributed by atoms with van der Waals surface area (Å²) in [4.78, 5) is 43.6. The zero-order valence-electron chi connectivity index (χ0n) is 16.8. The molecule has 7 nitrogen and oxygen atoms in total. The van der Waals surface area contributed by atoms with Crippen LogP contribution in [0, 0.1) is 0 Å². The monoisotopic (exact) mass is 404 g/mol. The molecule has 1 unspecified atom stereocenters. The SMILES string of the molecule is CN(Cc1ccccc1)C(=O)CC1NC(=O)N(CCc2c[nH]c3ccccc23)C1=O. The lowest BCUT2D eigenvalue weighted by atomic mass is 10.1. The first-order valence-corrected chi connectivity index (χ1v) is 9.97. The number of imide groups is 1. The molecule has 0 radical (unpaired) electrons. The van der Waals surface area contributed by atoms with Gasteiger partial charge in [-0.25, -0.2) is 4.79 Å². The third-order valence-electron chi connectivity index (χ3n) is 5.45. The van der Waals surface area contributed by atoms with Crippen LogP contribution in [0.5, 0.6) is 0 Å². The number of rotatable bonds is 7. The maximum atomic E-state index is 12.7. The summed E-state index contributed by atoms with van der Waals surface area (Å²) in [5.41, 5.74) is 3.08. The first-order chi connectivity index (χ1) is 14.5. The Morgan fingerprint density at radius 3 is 2.60 bits per heavy atom. The highest BCUT2D eigenvalue weighted by molar-refractivity contribution is 6.05. The Balaban J connectivity index is 1.34. The molecule has 2 heterocycles. The van der Waals surface area contributed by atoms with E-state index >= 15 is 0 Å². The van der Waals surface area contributed by atoms with Crippen molar-refractivity contribution in [3.63, 3.8) is 0 Å². The van der Waals surface area contributed by atoms with Crippen LogP contribution in [0.3, 0.4) is 0 Å². The van der Waals surface area contributed by atoms with Crippen LogP contribution in [0.15, 0.2) is 60.8 Å². The smallest absolute Gasteiger partial charge is 0.324 e. The summed E-state index contributed by atoms with van der Waals surface area (Å²) < 4.78 is 0. The highest BCUT2D eigenvalue weighted by Gasteiger charge is 2.39. The van der Waals surface area contributed by atoms with Gasteiger partial charge in [-0.05, 0) is 23.6 Å². The van der Waals surface area contributed by atoms with Crippen LogP contribution in [0.1, 0.15) is 17.5 Å². The van der Waals surface area contributed by atoms with Gasteiger partial charge in [-0.3, -0.25) is 14.5 Å². The molecule has 154 valence electrons. The summed E-state index contributed by atoms with van der Waals surface area (Å²) >= 11 is 0. The first kappa shape index (κ1) is 19.7. The van der Waals surface area contributed by atoms with Crippen LogP contribution >= 0.6 is 0 Å². The molecule has 1 fully saturated rings. The molecular formula is C23H24N4O3. The Labute approximate surface area is 174 Å². The predicted octanol–water partition coefficient (Wildman–Crippen LogP) is 2.68. The van der Waals surface area contributed by atoms with E-state index in [0.717, 1.165) is 22.0 Å². The van der Waals surface area contributed by atoms with Gasteiger partial charge < -0.3 is 15.2 Å². The molecule has 1 aromatic heterocycles. The van der Waals surface area contributed by atoms with Crippen molar-refractivity contribution in [1.82, 2.24) is 20.1 Å². The molecule has 0 spiro atoms. The van der Waals surface area contributed by atoms with Gasteiger partial charge in [0.1, 0.15) is 6.04 Å². The predicted molar refractivity (Wildman–Crippen MR) is 114 cm³/mol. The molecular weight excluding hydrogens is 380 g/mol. The molecule has 4 amide bonds. The normalized spacial score (nSPS) is 16.2. The molecule has 2 N–H and O–H groups in total. The molecule has 4 rings (SSSR count). The summed E-state index contributed by atoms with van der Waals surface area (Å²) in [7, 11) is 1.70. The number of nitrogens with zero attached hydrogens (tertiary/aromatic N) is 2. The Morgan fingerprint density at radius 1 is 1.07 bits per heavy atom.